The molecule has 1 saturated carbocycles. The predicted molar refractivity (Wildman–Crippen MR) is 68.1 cm³/mol. The molecular formula is C14H29N. The van der Waals surface area contributed by atoms with Gasteiger partial charge in [-0.2, -0.15) is 0 Å². The number of unbranched alkanes of at least 4 members (excludes halogenated alkanes) is 2. The topological polar surface area (TPSA) is 12.0 Å². The van der Waals surface area contributed by atoms with E-state index < -0.39 is 0 Å². The SMILES string of the molecule is CCCCCC(CNCC)C1CCCC1. The van der Waals surface area contributed by atoms with Gasteiger partial charge in [-0.3, -0.25) is 0 Å². The molecule has 0 bridgehead atoms. The van der Waals surface area contributed by atoms with Crippen molar-refractivity contribution in [3.63, 3.8) is 0 Å². The molecule has 1 rings (SSSR count). The maximum absolute atomic E-state index is 3.55. The molecule has 0 radical (unpaired) electrons. The quantitative estimate of drug-likeness (QED) is 0.599. The summed E-state index contributed by atoms with van der Waals surface area (Å²) in [6.07, 6.45) is 11.7. The fourth-order valence-electron chi connectivity index (χ4n) is 2.92. The Bertz CT molecular complexity index is 138. The highest BCUT2D eigenvalue weighted by molar-refractivity contribution is 4.77. The highest BCUT2D eigenvalue weighted by Gasteiger charge is 2.23. The van der Waals surface area contributed by atoms with Crippen molar-refractivity contribution < 1.29 is 0 Å². The average molecular weight is 211 g/mol. The molecule has 1 unspecified atom stereocenters. The number of nitrogens with one attached hydrogen (secondary N) is 1. The van der Waals surface area contributed by atoms with Gasteiger partial charge in [-0.15, -0.1) is 0 Å². The smallest absolute Gasteiger partial charge is 0.00180 e. The van der Waals surface area contributed by atoms with Crippen LogP contribution in [0, 0.1) is 11.8 Å². The molecule has 90 valence electrons. The van der Waals surface area contributed by atoms with Gasteiger partial charge in [0.15, 0.2) is 0 Å². The van der Waals surface area contributed by atoms with Crippen LogP contribution in [-0.4, -0.2) is 13.1 Å². The summed E-state index contributed by atoms with van der Waals surface area (Å²) in [4.78, 5) is 0. The van der Waals surface area contributed by atoms with E-state index >= 15 is 0 Å². The molecule has 1 aliphatic rings. The molecule has 0 heterocycles. The van der Waals surface area contributed by atoms with Crippen LogP contribution in [0.15, 0.2) is 0 Å². The van der Waals surface area contributed by atoms with E-state index in [1.165, 1.54) is 57.9 Å². The van der Waals surface area contributed by atoms with Crippen molar-refractivity contribution >= 4 is 0 Å². The molecule has 0 aromatic rings. The third-order valence-electron chi connectivity index (χ3n) is 3.90. The van der Waals surface area contributed by atoms with Crippen molar-refractivity contribution in [1.82, 2.24) is 5.32 Å². The monoisotopic (exact) mass is 211 g/mol. The van der Waals surface area contributed by atoms with Crippen LogP contribution in [-0.2, 0) is 0 Å². The summed E-state index contributed by atoms with van der Waals surface area (Å²) in [5.74, 6) is 2.01. The van der Waals surface area contributed by atoms with E-state index in [4.69, 9.17) is 0 Å². The molecule has 1 N–H and O–H groups in total. The Kier molecular flexibility index (Phi) is 7.08. The minimum absolute atomic E-state index is 0.971. The van der Waals surface area contributed by atoms with Crippen molar-refractivity contribution in [1.29, 1.82) is 0 Å². The van der Waals surface area contributed by atoms with Gasteiger partial charge in [-0.1, -0.05) is 58.8 Å². The highest BCUT2D eigenvalue weighted by atomic mass is 14.8. The normalized spacial score (nSPS) is 19.6. The summed E-state index contributed by atoms with van der Waals surface area (Å²) in [7, 11) is 0. The molecule has 1 nitrogen and oxygen atoms in total. The van der Waals surface area contributed by atoms with E-state index in [9.17, 15) is 0 Å². The van der Waals surface area contributed by atoms with E-state index in [1.807, 2.05) is 0 Å². The Labute approximate surface area is 96.0 Å². The molecule has 1 fully saturated rings. The average Bonchev–Trinajstić information content (AvgIpc) is 2.76. The Morgan fingerprint density at radius 3 is 2.47 bits per heavy atom. The molecule has 0 saturated heterocycles. The standard InChI is InChI=1S/C14H29N/c1-3-5-6-11-14(12-15-4-2)13-9-7-8-10-13/h13-15H,3-12H2,1-2H3. The van der Waals surface area contributed by atoms with Gasteiger partial charge in [-0.25, -0.2) is 0 Å². The van der Waals surface area contributed by atoms with E-state index in [-0.39, 0.29) is 0 Å². The second kappa shape index (κ2) is 8.15. The minimum atomic E-state index is 0.971. The Morgan fingerprint density at radius 2 is 1.87 bits per heavy atom. The molecule has 1 heteroatoms. The Morgan fingerprint density at radius 1 is 1.13 bits per heavy atom. The van der Waals surface area contributed by atoms with E-state index in [2.05, 4.69) is 19.2 Å². The summed E-state index contributed by atoms with van der Waals surface area (Å²) in [6, 6.07) is 0. The highest BCUT2D eigenvalue weighted by Crippen LogP contribution is 2.33. The van der Waals surface area contributed by atoms with Gasteiger partial charge >= 0.3 is 0 Å². The molecule has 0 aromatic heterocycles. The first-order valence-corrected chi connectivity index (χ1v) is 7.09. The number of rotatable bonds is 8. The molecule has 0 aromatic carbocycles. The first-order valence-electron chi connectivity index (χ1n) is 7.09. The van der Waals surface area contributed by atoms with Crippen molar-refractivity contribution in [3.05, 3.63) is 0 Å². The largest absolute Gasteiger partial charge is 0.317 e. The molecular weight excluding hydrogens is 182 g/mol. The van der Waals surface area contributed by atoms with Crippen LogP contribution in [0.4, 0.5) is 0 Å². The van der Waals surface area contributed by atoms with Gasteiger partial charge in [0.05, 0.1) is 0 Å². The van der Waals surface area contributed by atoms with Crippen molar-refractivity contribution in [3.8, 4) is 0 Å². The Hall–Kier alpha value is -0.0400. The van der Waals surface area contributed by atoms with Crippen LogP contribution in [0.3, 0.4) is 0 Å². The van der Waals surface area contributed by atoms with Crippen LogP contribution in [0.2, 0.25) is 0 Å². The van der Waals surface area contributed by atoms with Crippen LogP contribution < -0.4 is 5.32 Å². The maximum atomic E-state index is 3.55. The van der Waals surface area contributed by atoms with Crippen molar-refractivity contribution in [2.24, 2.45) is 11.8 Å². The second-order valence-electron chi connectivity index (χ2n) is 5.11. The van der Waals surface area contributed by atoms with Crippen LogP contribution >= 0.6 is 0 Å². The fourth-order valence-corrected chi connectivity index (χ4v) is 2.92. The molecule has 0 spiro atoms. The molecule has 15 heavy (non-hydrogen) atoms. The summed E-state index contributed by atoms with van der Waals surface area (Å²) in [5.41, 5.74) is 0. The third kappa shape index (κ3) is 5.01. The summed E-state index contributed by atoms with van der Waals surface area (Å²) in [6.45, 7) is 6.93. The third-order valence-corrected chi connectivity index (χ3v) is 3.90. The zero-order chi connectivity index (χ0) is 10.9. The Balaban J connectivity index is 2.23. The lowest BCUT2D eigenvalue weighted by atomic mass is 9.86. The van der Waals surface area contributed by atoms with Gasteiger partial charge in [-0.05, 0) is 31.3 Å². The van der Waals surface area contributed by atoms with Gasteiger partial charge < -0.3 is 5.32 Å². The summed E-state index contributed by atoms with van der Waals surface area (Å²) >= 11 is 0. The zero-order valence-electron chi connectivity index (χ0n) is 10.7. The molecule has 0 amide bonds. The van der Waals surface area contributed by atoms with Crippen molar-refractivity contribution in [2.75, 3.05) is 13.1 Å². The lowest BCUT2D eigenvalue weighted by molar-refractivity contribution is 0.298. The fraction of sp³-hybridized carbons (Fsp3) is 1.00. The first-order chi connectivity index (χ1) is 7.38. The van der Waals surface area contributed by atoms with Crippen LogP contribution in [0.25, 0.3) is 0 Å². The summed E-state index contributed by atoms with van der Waals surface area (Å²) in [5, 5.41) is 3.55. The van der Waals surface area contributed by atoms with E-state index in [1.54, 1.807) is 0 Å². The van der Waals surface area contributed by atoms with Gasteiger partial charge in [0.1, 0.15) is 0 Å². The first kappa shape index (κ1) is 13.0. The lowest BCUT2D eigenvalue weighted by Crippen LogP contribution is -2.27. The second-order valence-corrected chi connectivity index (χ2v) is 5.11. The zero-order valence-corrected chi connectivity index (χ0v) is 10.7. The van der Waals surface area contributed by atoms with E-state index in [0.717, 1.165) is 18.4 Å². The van der Waals surface area contributed by atoms with Gasteiger partial charge in [0.25, 0.3) is 0 Å². The number of hydrogen-bond donors (Lipinski definition) is 1. The molecule has 0 aliphatic heterocycles. The maximum Gasteiger partial charge on any atom is -0.00180 e. The van der Waals surface area contributed by atoms with Gasteiger partial charge in [0, 0.05) is 0 Å². The van der Waals surface area contributed by atoms with Gasteiger partial charge in [0.2, 0.25) is 0 Å². The van der Waals surface area contributed by atoms with Crippen LogP contribution in [0.5, 0.6) is 0 Å². The summed E-state index contributed by atoms with van der Waals surface area (Å²) < 4.78 is 0. The number of hydrogen-bond acceptors (Lipinski definition) is 1. The van der Waals surface area contributed by atoms with Crippen LogP contribution in [0.1, 0.15) is 65.2 Å². The molecule has 1 aliphatic carbocycles. The van der Waals surface area contributed by atoms with Crippen molar-refractivity contribution in [2.45, 2.75) is 65.2 Å². The van der Waals surface area contributed by atoms with E-state index in [0.29, 0.717) is 0 Å². The lowest BCUT2D eigenvalue weighted by Gasteiger charge is -2.23. The predicted octanol–water partition coefficient (Wildman–Crippen LogP) is 3.98. The molecule has 1 atom stereocenters. The minimum Gasteiger partial charge on any atom is -0.317 e.